The molecule has 0 amide bonds. The average Bonchev–Trinajstić information content (AvgIpc) is 3.29. The smallest absolute Gasteiger partial charge is 0.338 e. The molecular weight excluding hydrogens is 556 g/mol. The normalized spacial score (nSPS) is 20.1. The van der Waals surface area contributed by atoms with Gasteiger partial charge in [0, 0.05) is 17.4 Å². The van der Waals surface area contributed by atoms with E-state index in [2.05, 4.69) is 6.58 Å². The number of aliphatic hydroxyl groups is 1. The monoisotopic (exact) mass is 590 g/mol. The van der Waals surface area contributed by atoms with Crippen LogP contribution < -0.4 is 0 Å². The molecule has 1 heterocycles. The number of rotatable bonds is 12. The molecule has 9 heteroatoms. The standard InChI is InChI=1S/C33H34O8S/c1-3-11-29-28(22-42(37,38)27-18-16-23(4-2)17-19-27)31(34)30(41-29)20-26(40-33(36)25-14-9-6-10-15-25)21-39-32(35)24-12-7-5-8-13-24/h3,5-10,12-19,22,26,29-31,34H,1,4,11,20-21H2,2H3/b28-22+/t26-,29-,30+,31+/m0/s1. The Kier molecular flexibility index (Phi) is 10.5. The van der Waals surface area contributed by atoms with E-state index in [-0.39, 0.29) is 29.9 Å². The Bertz CT molecular complexity index is 1500. The lowest BCUT2D eigenvalue weighted by Crippen LogP contribution is -2.33. The molecule has 4 rings (SSSR count). The van der Waals surface area contributed by atoms with Gasteiger partial charge in [-0.15, -0.1) is 6.58 Å². The second kappa shape index (κ2) is 14.2. The molecule has 0 saturated carbocycles. The highest BCUT2D eigenvalue weighted by molar-refractivity contribution is 7.94. The minimum Gasteiger partial charge on any atom is -0.458 e. The molecule has 1 N–H and O–H groups in total. The summed E-state index contributed by atoms with van der Waals surface area (Å²) >= 11 is 0. The van der Waals surface area contributed by atoms with E-state index in [0.717, 1.165) is 17.4 Å². The Hall–Kier alpha value is -4.05. The van der Waals surface area contributed by atoms with Gasteiger partial charge in [-0.2, -0.15) is 0 Å². The summed E-state index contributed by atoms with van der Waals surface area (Å²) in [4.78, 5) is 25.6. The van der Waals surface area contributed by atoms with E-state index < -0.39 is 46.2 Å². The van der Waals surface area contributed by atoms with Crippen molar-refractivity contribution in [2.45, 2.75) is 55.5 Å². The summed E-state index contributed by atoms with van der Waals surface area (Å²) in [6.07, 6.45) is -1.47. The summed E-state index contributed by atoms with van der Waals surface area (Å²) in [6, 6.07) is 23.3. The lowest BCUT2D eigenvalue weighted by molar-refractivity contribution is -0.0449. The van der Waals surface area contributed by atoms with E-state index in [4.69, 9.17) is 14.2 Å². The molecule has 42 heavy (non-hydrogen) atoms. The Labute approximate surface area is 246 Å². The fourth-order valence-corrected chi connectivity index (χ4v) is 5.93. The van der Waals surface area contributed by atoms with E-state index in [0.29, 0.717) is 11.1 Å². The number of esters is 2. The molecule has 0 bridgehead atoms. The van der Waals surface area contributed by atoms with Crippen molar-refractivity contribution in [1.82, 2.24) is 0 Å². The van der Waals surface area contributed by atoms with Crippen LogP contribution in [0.5, 0.6) is 0 Å². The fourth-order valence-electron chi connectivity index (χ4n) is 4.63. The van der Waals surface area contributed by atoms with Gasteiger partial charge in [0.2, 0.25) is 0 Å². The minimum atomic E-state index is -3.90. The Balaban J connectivity index is 1.55. The van der Waals surface area contributed by atoms with Crippen LogP contribution in [0.1, 0.15) is 46.0 Å². The summed E-state index contributed by atoms with van der Waals surface area (Å²) < 4.78 is 43.7. The molecule has 1 fully saturated rings. The summed E-state index contributed by atoms with van der Waals surface area (Å²) in [7, 11) is -3.90. The van der Waals surface area contributed by atoms with Crippen LogP contribution in [-0.4, -0.2) is 56.5 Å². The molecule has 1 aliphatic heterocycles. The summed E-state index contributed by atoms with van der Waals surface area (Å²) in [5.74, 6) is -1.24. The van der Waals surface area contributed by atoms with Crippen molar-refractivity contribution in [3.63, 3.8) is 0 Å². The second-order valence-electron chi connectivity index (χ2n) is 9.89. The van der Waals surface area contributed by atoms with Crippen molar-refractivity contribution in [1.29, 1.82) is 0 Å². The van der Waals surface area contributed by atoms with Crippen molar-refractivity contribution < 1.29 is 37.3 Å². The van der Waals surface area contributed by atoms with Crippen molar-refractivity contribution in [2.24, 2.45) is 0 Å². The van der Waals surface area contributed by atoms with Gasteiger partial charge in [-0.1, -0.05) is 61.5 Å². The predicted octanol–water partition coefficient (Wildman–Crippen LogP) is 5.08. The number of hydrogen-bond donors (Lipinski definition) is 1. The van der Waals surface area contributed by atoms with Crippen LogP contribution in [-0.2, 0) is 30.5 Å². The minimum absolute atomic E-state index is 0.0575. The molecule has 0 spiro atoms. The van der Waals surface area contributed by atoms with Crippen LogP contribution in [0.2, 0.25) is 0 Å². The maximum atomic E-state index is 13.2. The molecule has 0 unspecified atom stereocenters. The van der Waals surface area contributed by atoms with Gasteiger partial charge in [-0.25, -0.2) is 18.0 Å². The molecule has 0 aromatic heterocycles. The van der Waals surface area contributed by atoms with Crippen LogP contribution in [0.25, 0.3) is 0 Å². The zero-order valence-electron chi connectivity index (χ0n) is 23.3. The molecule has 0 radical (unpaired) electrons. The van der Waals surface area contributed by atoms with Gasteiger partial charge in [-0.3, -0.25) is 0 Å². The van der Waals surface area contributed by atoms with E-state index >= 15 is 0 Å². The van der Waals surface area contributed by atoms with Crippen molar-refractivity contribution in [2.75, 3.05) is 6.61 Å². The number of carbonyl (C=O) groups excluding carboxylic acids is 2. The van der Waals surface area contributed by atoms with Crippen LogP contribution in [0, 0.1) is 0 Å². The first-order valence-electron chi connectivity index (χ1n) is 13.7. The maximum Gasteiger partial charge on any atom is 0.338 e. The van der Waals surface area contributed by atoms with Gasteiger partial charge in [0.25, 0.3) is 0 Å². The van der Waals surface area contributed by atoms with Gasteiger partial charge < -0.3 is 19.3 Å². The van der Waals surface area contributed by atoms with Crippen LogP contribution >= 0.6 is 0 Å². The largest absolute Gasteiger partial charge is 0.458 e. The Morgan fingerprint density at radius 1 is 0.952 bits per heavy atom. The lowest BCUT2D eigenvalue weighted by atomic mass is 10.0. The Morgan fingerprint density at radius 3 is 2.12 bits per heavy atom. The zero-order chi connectivity index (χ0) is 30.1. The number of hydrogen-bond acceptors (Lipinski definition) is 8. The molecule has 1 aliphatic rings. The van der Waals surface area contributed by atoms with Crippen molar-refractivity contribution in [3.8, 4) is 0 Å². The van der Waals surface area contributed by atoms with Gasteiger partial charge in [0.05, 0.1) is 28.2 Å². The first-order valence-corrected chi connectivity index (χ1v) is 15.2. The first kappa shape index (κ1) is 30.9. The highest BCUT2D eigenvalue weighted by Crippen LogP contribution is 2.33. The number of carbonyl (C=O) groups is 2. The molecule has 220 valence electrons. The van der Waals surface area contributed by atoms with Gasteiger partial charge >= 0.3 is 11.9 Å². The number of ether oxygens (including phenoxy) is 3. The van der Waals surface area contributed by atoms with E-state index in [1.54, 1.807) is 78.9 Å². The van der Waals surface area contributed by atoms with Gasteiger partial charge in [-0.05, 0) is 54.8 Å². The summed E-state index contributed by atoms with van der Waals surface area (Å²) in [5, 5.41) is 12.3. The number of benzene rings is 3. The van der Waals surface area contributed by atoms with E-state index in [1.165, 1.54) is 12.1 Å². The van der Waals surface area contributed by atoms with Crippen LogP contribution in [0.15, 0.2) is 113 Å². The topological polar surface area (TPSA) is 116 Å². The summed E-state index contributed by atoms with van der Waals surface area (Å²) in [5.41, 5.74) is 1.81. The van der Waals surface area contributed by atoms with E-state index in [9.17, 15) is 23.1 Å². The number of aryl methyl sites for hydroxylation is 1. The average molecular weight is 591 g/mol. The van der Waals surface area contributed by atoms with E-state index in [1.807, 2.05) is 6.92 Å². The predicted molar refractivity (Wildman–Crippen MR) is 158 cm³/mol. The Morgan fingerprint density at radius 2 is 1.55 bits per heavy atom. The first-order chi connectivity index (χ1) is 20.2. The second-order valence-corrected chi connectivity index (χ2v) is 11.7. The fraction of sp³-hybridized carbons (Fsp3) is 0.273. The molecule has 8 nitrogen and oxygen atoms in total. The third-order valence-corrected chi connectivity index (χ3v) is 8.44. The molecule has 4 atom stereocenters. The molecule has 0 aliphatic carbocycles. The third kappa shape index (κ3) is 7.82. The van der Waals surface area contributed by atoms with Gasteiger partial charge in [0.15, 0.2) is 9.84 Å². The van der Waals surface area contributed by atoms with Crippen LogP contribution in [0.3, 0.4) is 0 Å². The molecule has 3 aromatic carbocycles. The van der Waals surface area contributed by atoms with Crippen molar-refractivity contribution >= 4 is 21.8 Å². The zero-order valence-corrected chi connectivity index (χ0v) is 24.1. The quantitative estimate of drug-likeness (QED) is 0.229. The maximum absolute atomic E-state index is 13.2. The molecule has 1 saturated heterocycles. The molecule has 3 aromatic rings. The van der Waals surface area contributed by atoms with Gasteiger partial charge in [0.1, 0.15) is 18.8 Å². The summed E-state index contributed by atoms with van der Waals surface area (Å²) in [6.45, 7) is 5.41. The molecular formula is C33H34O8S. The number of sulfone groups is 1. The lowest BCUT2D eigenvalue weighted by Gasteiger charge is -2.22. The van der Waals surface area contributed by atoms with Crippen molar-refractivity contribution in [3.05, 3.63) is 125 Å². The number of aliphatic hydroxyl groups excluding tert-OH is 1. The van der Waals surface area contributed by atoms with Crippen LogP contribution in [0.4, 0.5) is 0 Å². The highest BCUT2D eigenvalue weighted by atomic mass is 32.2. The SMILES string of the molecule is C=CC[C@@H]1O[C@H](C[C@@H](COC(=O)c2ccccc2)OC(=O)c2ccccc2)[C@H](O)/C1=C/S(=O)(=O)c1ccc(CC)cc1. The highest BCUT2D eigenvalue weighted by Gasteiger charge is 2.41. The third-order valence-electron chi connectivity index (χ3n) is 6.92.